The highest BCUT2D eigenvalue weighted by molar-refractivity contribution is 7.99. The van der Waals surface area contributed by atoms with Crippen LogP contribution in [0.2, 0.25) is 0 Å². The molecule has 3 rings (SSSR count). The molecule has 27 heavy (non-hydrogen) atoms. The highest BCUT2D eigenvalue weighted by Gasteiger charge is 2.50. The Hall–Kier alpha value is -0.380. The van der Waals surface area contributed by atoms with Gasteiger partial charge in [0.25, 0.3) is 0 Å². The van der Waals surface area contributed by atoms with Crippen LogP contribution in [0.25, 0.3) is 0 Å². The van der Waals surface area contributed by atoms with Gasteiger partial charge < -0.3 is 30.7 Å². The molecule has 0 aromatic heterocycles. The minimum Gasteiger partial charge on any atom is -0.388 e. The third kappa shape index (κ3) is 4.97. The summed E-state index contributed by atoms with van der Waals surface area (Å²) in [5.74, 6) is 0.763. The lowest BCUT2D eigenvalue weighted by Crippen LogP contribution is -2.64. The number of thioether (sulfide) groups is 1. The first-order chi connectivity index (χ1) is 13.0. The van der Waals surface area contributed by atoms with Gasteiger partial charge in [-0.25, -0.2) is 0 Å². The normalized spacial score (nSPS) is 41.1. The number of piperidine rings is 1. The lowest BCUT2D eigenvalue weighted by Gasteiger charge is -2.43. The Labute approximate surface area is 165 Å². The van der Waals surface area contributed by atoms with E-state index in [0.717, 1.165) is 45.1 Å². The Morgan fingerprint density at radius 3 is 2.59 bits per heavy atom. The molecule has 0 radical (unpaired) electrons. The topological polar surface area (TPSA) is 111 Å². The van der Waals surface area contributed by atoms with Crippen LogP contribution in [0.1, 0.15) is 45.4 Å². The number of aliphatic hydroxyl groups is 3. The van der Waals surface area contributed by atoms with E-state index in [1.54, 1.807) is 6.26 Å². The summed E-state index contributed by atoms with van der Waals surface area (Å²) in [6.45, 7) is 3.02. The highest BCUT2D eigenvalue weighted by atomic mass is 32.2. The molecule has 3 fully saturated rings. The van der Waals surface area contributed by atoms with Crippen molar-refractivity contribution in [2.75, 3.05) is 12.8 Å². The smallest absolute Gasteiger partial charge is 0.237 e. The molecule has 5 N–H and O–H groups in total. The van der Waals surface area contributed by atoms with Crippen LogP contribution < -0.4 is 10.6 Å². The number of hydrogen-bond acceptors (Lipinski definition) is 7. The average Bonchev–Trinajstić information content (AvgIpc) is 3.50. The van der Waals surface area contributed by atoms with Crippen LogP contribution in [-0.2, 0) is 9.53 Å². The maximum Gasteiger partial charge on any atom is 0.237 e. The number of ether oxygens (including phenoxy) is 1. The minimum absolute atomic E-state index is 0.0511. The van der Waals surface area contributed by atoms with Gasteiger partial charge in [0.2, 0.25) is 5.91 Å². The summed E-state index contributed by atoms with van der Waals surface area (Å²) in [6, 6.07) is -0.568. The van der Waals surface area contributed by atoms with Crippen molar-refractivity contribution in [1.29, 1.82) is 0 Å². The van der Waals surface area contributed by atoms with Crippen molar-refractivity contribution in [3.63, 3.8) is 0 Å². The zero-order valence-electron chi connectivity index (χ0n) is 16.2. The van der Waals surface area contributed by atoms with Gasteiger partial charge in [0.1, 0.15) is 29.9 Å². The third-order valence-electron chi connectivity index (χ3n) is 6.16. The van der Waals surface area contributed by atoms with E-state index in [2.05, 4.69) is 17.6 Å². The summed E-state index contributed by atoms with van der Waals surface area (Å²) in [7, 11) is 0. The van der Waals surface area contributed by atoms with Crippen LogP contribution in [0.15, 0.2) is 0 Å². The molecule has 3 aliphatic rings. The number of carbonyl (C=O) groups excluding carboxylic acids is 1. The number of nitrogens with one attached hydrogen (secondary N) is 2. The van der Waals surface area contributed by atoms with Crippen molar-refractivity contribution in [1.82, 2.24) is 10.6 Å². The van der Waals surface area contributed by atoms with Crippen LogP contribution in [0.5, 0.6) is 0 Å². The fourth-order valence-corrected chi connectivity index (χ4v) is 5.10. The van der Waals surface area contributed by atoms with Gasteiger partial charge in [-0.3, -0.25) is 4.79 Å². The highest BCUT2D eigenvalue weighted by Crippen LogP contribution is 2.39. The molecule has 7 nitrogen and oxygen atoms in total. The first kappa shape index (κ1) is 21.3. The maximum atomic E-state index is 12.9. The van der Waals surface area contributed by atoms with Crippen LogP contribution in [0, 0.1) is 11.8 Å². The van der Waals surface area contributed by atoms with E-state index in [1.165, 1.54) is 11.8 Å². The van der Waals surface area contributed by atoms with Crippen LogP contribution in [-0.4, -0.2) is 76.0 Å². The summed E-state index contributed by atoms with van der Waals surface area (Å²) < 4.78 is 5.91. The lowest BCUT2D eigenvalue weighted by atomic mass is 9.88. The van der Waals surface area contributed by atoms with Gasteiger partial charge in [-0.1, -0.05) is 19.8 Å². The summed E-state index contributed by atoms with van der Waals surface area (Å²) >= 11 is 1.30. The van der Waals surface area contributed by atoms with Crippen molar-refractivity contribution in [2.24, 2.45) is 11.8 Å². The predicted octanol–water partition coefficient (Wildman–Crippen LogP) is 0.220. The molecule has 8 heteroatoms. The monoisotopic (exact) mass is 402 g/mol. The second kappa shape index (κ2) is 9.41. The lowest BCUT2D eigenvalue weighted by molar-refractivity contribution is -0.206. The fraction of sp³-hybridized carbons (Fsp3) is 0.947. The second-order valence-corrected chi connectivity index (χ2v) is 9.17. The average molecular weight is 403 g/mol. The molecule has 1 amide bonds. The van der Waals surface area contributed by atoms with E-state index in [4.69, 9.17) is 4.74 Å². The SMILES string of the molecule is CCC[C@@H]1CCN[C@H](C(=O)N[C@H](C2CC2)[C@H]2O[C@H](SC)[C@H](O)[C@@H](O)[C@H]2O)C1. The van der Waals surface area contributed by atoms with Crippen molar-refractivity contribution in [2.45, 2.75) is 87.4 Å². The van der Waals surface area contributed by atoms with E-state index >= 15 is 0 Å². The van der Waals surface area contributed by atoms with Gasteiger partial charge in [0.15, 0.2) is 0 Å². The minimum atomic E-state index is -1.28. The molecule has 0 spiro atoms. The molecule has 8 atom stereocenters. The van der Waals surface area contributed by atoms with E-state index in [9.17, 15) is 20.1 Å². The molecular weight excluding hydrogens is 368 g/mol. The zero-order valence-corrected chi connectivity index (χ0v) is 17.0. The Bertz CT molecular complexity index is 502. The first-order valence-corrected chi connectivity index (χ1v) is 11.5. The van der Waals surface area contributed by atoms with Gasteiger partial charge in [-0.15, -0.1) is 11.8 Å². The van der Waals surface area contributed by atoms with Gasteiger partial charge in [0.05, 0.1) is 12.1 Å². The zero-order chi connectivity index (χ0) is 19.6. The fourth-order valence-electron chi connectivity index (χ4n) is 4.42. The van der Waals surface area contributed by atoms with Gasteiger partial charge >= 0.3 is 0 Å². The summed E-state index contributed by atoms with van der Waals surface area (Å²) in [5, 5.41) is 37.2. The quantitative estimate of drug-likeness (QED) is 0.414. The Morgan fingerprint density at radius 2 is 1.96 bits per heavy atom. The van der Waals surface area contributed by atoms with Crippen LogP contribution >= 0.6 is 11.8 Å². The summed E-state index contributed by atoms with van der Waals surface area (Å²) in [6.07, 6.45) is 3.58. The molecule has 0 aromatic rings. The second-order valence-electron chi connectivity index (χ2n) is 8.23. The molecule has 0 aromatic carbocycles. The molecule has 2 aliphatic heterocycles. The van der Waals surface area contributed by atoms with E-state index < -0.39 is 29.9 Å². The van der Waals surface area contributed by atoms with Crippen LogP contribution in [0.4, 0.5) is 0 Å². The van der Waals surface area contributed by atoms with E-state index in [0.29, 0.717) is 5.92 Å². The van der Waals surface area contributed by atoms with Gasteiger partial charge in [-0.05, 0) is 50.3 Å². The van der Waals surface area contributed by atoms with Crippen molar-refractivity contribution in [3.05, 3.63) is 0 Å². The van der Waals surface area contributed by atoms with Gasteiger partial charge in [0, 0.05) is 0 Å². The van der Waals surface area contributed by atoms with Gasteiger partial charge in [-0.2, -0.15) is 0 Å². The molecule has 0 unspecified atom stereocenters. The molecule has 2 saturated heterocycles. The predicted molar refractivity (Wildman–Crippen MR) is 104 cm³/mol. The molecule has 1 aliphatic carbocycles. The number of aliphatic hydroxyl groups excluding tert-OH is 3. The maximum absolute atomic E-state index is 12.9. The number of carbonyl (C=O) groups is 1. The Kier molecular flexibility index (Phi) is 7.44. The summed E-state index contributed by atoms with van der Waals surface area (Å²) in [5.41, 5.74) is -0.617. The molecule has 0 bridgehead atoms. The molecular formula is C19H34N2O5S. The molecule has 2 heterocycles. The Morgan fingerprint density at radius 1 is 1.22 bits per heavy atom. The molecule has 1 saturated carbocycles. The number of amides is 1. The van der Waals surface area contributed by atoms with E-state index in [-0.39, 0.29) is 23.9 Å². The van der Waals surface area contributed by atoms with Crippen molar-refractivity contribution in [3.8, 4) is 0 Å². The Balaban J connectivity index is 1.66. The largest absolute Gasteiger partial charge is 0.388 e. The number of rotatable bonds is 7. The molecule has 156 valence electrons. The van der Waals surface area contributed by atoms with Crippen molar-refractivity contribution < 1.29 is 24.9 Å². The van der Waals surface area contributed by atoms with E-state index in [1.807, 2.05) is 0 Å². The number of hydrogen-bond donors (Lipinski definition) is 5. The first-order valence-electron chi connectivity index (χ1n) is 10.2. The van der Waals surface area contributed by atoms with Crippen molar-refractivity contribution >= 4 is 17.7 Å². The third-order valence-corrected chi connectivity index (χ3v) is 7.01. The van der Waals surface area contributed by atoms with Crippen LogP contribution in [0.3, 0.4) is 0 Å². The standard InChI is InChI=1S/C19H34N2O5S/c1-3-4-10-7-8-20-12(9-10)18(25)21-13(11-5-6-11)17-15(23)14(22)16(24)19(26-17)27-2/h10-17,19-20,22-24H,3-9H2,1-2H3,(H,21,25)/t10-,12+,13-,14+,15-,16-,17-,19-/m1/s1. The summed E-state index contributed by atoms with van der Waals surface area (Å²) in [4.78, 5) is 12.9.